The van der Waals surface area contributed by atoms with E-state index < -0.39 is 17.7 Å². The van der Waals surface area contributed by atoms with E-state index in [0.717, 1.165) is 6.07 Å². The molecule has 0 aliphatic heterocycles. The summed E-state index contributed by atoms with van der Waals surface area (Å²) in [5.74, 6) is -0.442. The minimum atomic E-state index is -4.36. The fourth-order valence-corrected chi connectivity index (χ4v) is 2.16. The van der Waals surface area contributed by atoms with Gasteiger partial charge < -0.3 is 4.74 Å². The minimum absolute atomic E-state index is 0.0119. The van der Waals surface area contributed by atoms with Crippen LogP contribution >= 0.6 is 22.6 Å². The van der Waals surface area contributed by atoms with Crippen LogP contribution in [0.4, 0.5) is 13.2 Å². The van der Waals surface area contributed by atoms with E-state index in [4.69, 9.17) is 4.74 Å². The lowest BCUT2D eigenvalue weighted by molar-refractivity contribution is -0.142. The predicted octanol–water partition coefficient (Wildman–Crippen LogP) is 3.42. The Balaban J connectivity index is 2.86. The van der Waals surface area contributed by atoms with Crippen LogP contribution in [-0.4, -0.2) is 12.6 Å². The third-order valence-corrected chi connectivity index (χ3v) is 2.89. The van der Waals surface area contributed by atoms with Crippen molar-refractivity contribution in [3.63, 3.8) is 0 Å². The van der Waals surface area contributed by atoms with Gasteiger partial charge in [-0.15, -0.1) is 0 Å². The highest BCUT2D eigenvalue weighted by Gasteiger charge is 2.32. The van der Waals surface area contributed by atoms with Crippen molar-refractivity contribution >= 4 is 28.6 Å². The molecule has 6 heteroatoms. The highest BCUT2D eigenvalue weighted by Crippen LogP contribution is 2.33. The van der Waals surface area contributed by atoms with Gasteiger partial charge in [-0.3, -0.25) is 4.79 Å². The summed E-state index contributed by atoms with van der Waals surface area (Å²) in [6.45, 7) is 1.94. The Labute approximate surface area is 110 Å². The van der Waals surface area contributed by atoms with Gasteiger partial charge in [0.1, 0.15) is 0 Å². The van der Waals surface area contributed by atoms with Crippen LogP contribution in [-0.2, 0) is 22.1 Å². The number of hydrogen-bond donors (Lipinski definition) is 0. The summed E-state index contributed by atoms with van der Waals surface area (Å²) in [4.78, 5) is 11.2. The highest BCUT2D eigenvalue weighted by molar-refractivity contribution is 14.1. The fraction of sp³-hybridized carbons (Fsp3) is 0.364. The molecule has 0 atom stereocenters. The van der Waals surface area contributed by atoms with Gasteiger partial charge in [0.05, 0.1) is 18.6 Å². The minimum Gasteiger partial charge on any atom is -0.466 e. The molecule has 17 heavy (non-hydrogen) atoms. The summed E-state index contributed by atoms with van der Waals surface area (Å²) in [7, 11) is 0. The predicted molar refractivity (Wildman–Crippen MR) is 64.5 cm³/mol. The third kappa shape index (κ3) is 4.18. The van der Waals surface area contributed by atoms with E-state index in [1.54, 1.807) is 29.5 Å². The van der Waals surface area contributed by atoms with Gasteiger partial charge >= 0.3 is 12.1 Å². The van der Waals surface area contributed by atoms with Crippen LogP contribution in [0, 0.1) is 3.57 Å². The number of esters is 1. The molecule has 0 bridgehead atoms. The Kier molecular flexibility index (Phi) is 4.79. The standard InChI is InChI=1S/C11H10F3IO2/c1-2-17-10(16)6-7-3-4-8(9(15)5-7)11(12,13)14/h3-5H,2,6H2,1H3. The molecule has 0 saturated heterocycles. The maximum Gasteiger partial charge on any atom is 0.417 e. The van der Waals surface area contributed by atoms with Gasteiger partial charge in [0.15, 0.2) is 0 Å². The van der Waals surface area contributed by atoms with E-state index >= 15 is 0 Å². The van der Waals surface area contributed by atoms with Crippen molar-refractivity contribution < 1.29 is 22.7 Å². The molecular formula is C11H10F3IO2. The topological polar surface area (TPSA) is 26.3 Å². The molecule has 1 rings (SSSR count). The lowest BCUT2D eigenvalue weighted by Gasteiger charge is -2.10. The smallest absolute Gasteiger partial charge is 0.417 e. The number of benzene rings is 1. The molecule has 2 nitrogen and oxygen atoms in total. The van der Waals surface area contributed by atoms with Crippen LogP contribution in [0.15, 0.2) is 18.2 Å². The summed E-state index contributed by atoms with van der Waals surface area (Å²) in [6, 6.07) is 3.62. The Morgan fingerprint density at radius 2 is 2.06 bits per heavy atom. The molecule has 0 spiro atoms. The Hall–Kier alpha value is -0.790. The van der Waals surface area contributed by atoms with Gasteiger partial charge in [0, 0.05) is 3.57 Å². The zero-order valence-corrected chi connectivity index (χ0v) is 11.1. The Bertz CT molecular complexity index is 416. The maximum absolute atomic E-state index is 12.5. The first-order chi connectivity index (χ1) is 7.84. The second-order valence-electron chi connectivity index (χ2n) is 3.29. The summed E-state index contributed by atoms with van der Waals surface area (Å²) < 4.78 is 42.2. The number of hydrogen-bond acceptors (Lipinski definition) is 2. The second-order valence-corrected chi connectivity index (χ2v) is 4.46. The van der Waals surface area contributed by atoms with Crippen LogP contribution in [0.1, 0.15) is 18.1 Å². The first-order valence-corrected chi connectivity index (χ1v) is 5.93. The van der Waals surface area contributed by atoms with Crippen molar-refractivity contribution in [2.45, 2.75) is 19.5 Å². The third-order valence-electron chi connectivity index (χ3n) is 1.99. The molecule has 0 aliphatic rings. The first kappa shape index (κ1) is 14.3. The molecular weight excluding hydrogens is 348 g/mol. The molecule has 1 aromatic rings. The van der Waals surface area contributed by atoms with Gasteiger partial charge in [0.2, 0.25) is 0 Å². The Morgan fingerprint density at radius 1 is 1.41 bits per heavy atom. The summed E-state index contributed by atoms with van der Waals surface area (Å²) in [6.07, 6.45) is -4.37. The second kappa shape index (κ2) is 5.70. The van der Waals surface area contributed by atoms with Crippen LogP contribution in [0.3, 0.4) is 0 Å². The van der Waals surface area contributed by atoms with E-state index in [2.05, 4.69) is 0 Å². The van der Waals surface area contributed by atoms with Crippen LogP contribution in [0.25, 0.3) is 0 Å². The number of rotatable bonds is 3. The van der Waals surface area contributed by atoms with E-state index in [1.807, 2.05) is 0 Å². The summed E-state index contributed by atoms with van der Waals surface area (Å²) in [5.41, 5.74) is -0.174. The molecule has 0 amide bonds. The zero-order chi connectivity index (χ0) is 13.1. The number of halogens is 4. The molecule has 1 aromatic carbocycles. The van der Waals surface area contributed by atoms with Crippen molar-refractivity contribution in [2.24, 2.45) is 0 Å². The molecule has 0 radical (unpaired) electrons. The SMILES string of the molecule is CCOC(=O)Cc1ccc(C(F)(F)F)c(I)c1. The van der Waals surface area contributed by atoms with Crippen molar-refractivity contribution in [3.05, 3.63) is 32.9 Å². The number of carbonyl (C=O) groups is 1. The van der Waals surface area contributed by atoms with Gasteiger partial charge in [-0.05, 0) is 47.2 Å². The molecule has 0 saturated carbocycles. The van der Waals surface area contributed by atoms with Crippen molar-refractivity contribution in [1.82, 2.24) is 0 Å². The summed E-state index contributed by atoms with van der Waals surface area (Å²) >= 11 is 1.61. The van der Waals surface area contributed by atoms with Gasteiger partial charge in [-0.25, -0.2) is 0 Å². The van der Waals surface area contributed by atoms with Crippen LogP contribution < -0.4 is 0 Å². The first-order valence-electron chi connectivity index (χ1n) is 4.86. The number of ether oxygens (including phenoxy) is 1. The molecule has 0 heterocycles. The normalized spacial score (nSPS) is 11.4. The molecule has 0 fully saturated rings. The van der Waals surface area contributed by atoms with E-state index in [0.29, 0.717) is 5.56 Å². The average molecular weight is 358 g/mol. The van der Waals surface area contributed by atoms with Crippen LogP contribution in [0.2, 0.25) is 0 Å². The van der Waals surface area contributed by atoms with Crippen molar-refractivity contribution in [3.8, 4) is 0 Å². The Morgan fingerprint density at radius 3 is 2.53 bits per heavy atom. The molecule has 0 aromatic heterocycles. The van der Waals surface area contributed by atoms with Gasteiger partial charge in [-0.1, -0.05) is 6.07 Å². The fourth-order valence-electron chi connectivity index (χ4n) is 1.28. The lowest BCUT2D eigenvalue weighted by Crippen LogP contribution is -2.10. The average Bonchev–Trinajstić information content (AvgIpc) is 2.15. The number of alkyl halides is 3. The van der Waals surface area contributed by atoms with Crippen molar-refractivity contribution in [2.75, 3.05) is 6.61 Å². The molecule has 0 aliphatic carbocycles. The van der Waals surface area contributed by atoms with Crippen LogP contribution in [0.5, 0.6) is 0 Å². The number of carbonyl (C=O) groups excluding carboxylic acids is 1. The van der Waals surface area contributed by atoms with E-state index in [-0.39, 0.29) is 16.6 Å². The van der Waals surface area contributed by atoms with E-state index in [9.17, 15) is 18.0 Å². The largest absolute Gasteiger partial charge is 0.466 e. The maximum atomic E-state index is 12.5. The molecule has 94 valence electrons. The lowest BCUT2D eigenvalue weighted by atomic mass is 10.1. The van der Waals surface area contributed by atoms with Gasteiger partial charge in [0.25, 0.3) is 0 Å². The molecule has 0 unspecified atom stereocenters. The monoisotopic (exact) mass is 358 g/mol. The highest BCUT2D eigenvalue weighted by atomic mass is 127. The van der Waals surface area contributed by atoms with E-state index in [1.165, 1.54) is 12.1 Å². The summed E-state index contributed by atoms with van der Waals surface area (Å²) in [5, 5.41) is 0. The van der Waals surface area contributed by atoms with Crippen molar-refractivity contribution in [1.29, 1.82) is 0 Å². The van der Waals surface area contributed by atoms with Gasteiger partial charge in [-0.2, -0.15) is 13.2 Å². The molecule has 0 N–H and O–H groups in total. The zero-order valence-electron chi connectivity index (χ0n) is 8.97. The quantitative estimate of drug-likeness (QED) is 0.612.